The quantitative estimate of drug-likeness (QED) is 0.918. The second-order valence-corrected chi connectivity index (χ2v) is 6.80. The highest BCUT2D eigenvalue weighted by atomic mass is 16.5. The maximum Gasteiger partial charge on any atom is 0.124 e. The zero-order chi connectivity index (χ0) is 14.9. The van der Waals surface area contributed by atoms with Gasteiger partial charge in [0, 0.05) is 24.4 Å². The van der Waals surface area contributed by atoms with Gasteiger partial charge in [0.15, 0.2) is 0 Å². The van der Waals surface area contributed by atoms with Crippen molar-refractivity contribution in [3.8, 4) is 5.75 Å². The van der Waals surface area contributed by atoms with Crippen LogP contribution in [0.2, 0.25) is 0 Å². The molecule has 1 aromatic carbocycles. The van der Waals surface area contributed by atoms with E-state index in [4.69, 9.17) is 15.2 Å². The Morgan fingerprint density at radius 1 is 1.33 bits per heavy atom. The van der Waals surface area contributed by atoms with Crippen molar-refractivity contribution in [2.45, 2.75) is 70.1 Å². The van der Waals surface area contributed by atoms with Gasteiger partial charge in [0.25, 0.3) is 0 Å². The average Bonchev–Trinajstić information content (AvgIpc) is 2.86. The van der Waals surface area contributed by atoms with Crippen molar-refractivity contribution in [2.24, 2.45) is 5.73 Å². The molecule has 21 heavy (non-hydrogen) atoms. The first-order valence-corrected chi connectivity index (χ1v) is 8.25. The van der Waals surface area contributed by atoms with Crippen molar-refractivity contribution in [2.75, 3.05) is 6.61 Å². The minimum absolute atomic E-state index is 0.000816. The lowest BCUT2D eigenvalue weighted by atomic mass is 9.90. The summed E-state index contributed by atoms with van der Waals surface area (Å²) in [6, 6.07) is 6.32. The summed E-state index contributed by atoms with van der Waals surface area (Å²) in [5.74, 6) is 0.963. The molecule has 2 aliphatic rings. The van der Waals surface area contributed by atoms with Crippen molar-refractivity contribution in [3.05, 3.63) is 29.3 Å². The molecule has 0 bridgehead atoms. The van der Waals surface area contributed by atoms with Crippen molar-refractivity contribution >= 4 is 0 Å². The van der Waals surface area contributed by atoms with Crippen LogP contribution < -0.4 is 10.5 Å². The summed E-state index contributed by atoms with van der Waals surface area (Å²) in [6.07, 6.45) is 7.25. The van der Waals surface area contributed by atoms with Crippen LogP contribution in [0.3, 0.4) is 0 Å². The smallest absolute Gasteiger partial charge is 0.124 e. The predicted octanol–water partition coefficient (Wildman–Crippen LogP) is 3.89. The summed E-state index contributed by atoms with van der Waals surface area (Å²) in [5, 5.41) is 0. The van der Waals surface area contributed by atoms with E-state index < -0.39 is 0 Å². The molecule has 1 saturated heterocycles. The highest BCUT2D eigenvalue weighted by Crippen LogP contribution is 2.41. The SMILES string of the molecule is Cc1ccc(C(C)N)c(OC2CCOC3(CCCC3)C2)c1. The molecule has 2 fully saturated rings. The van der Waals surface area contributed by atoms with Crippen molar-refractivity contribution < 1.29 is 9.47 Å². The maximum atomic E-state index is 6.36. The van der Waals surface area contributed by atoms with Crippen LogP contribution in [0.25, 0.3) is 0 Å². The van der Waals surface area contributed by atoms with Crippen molar-refractivity contribution in [3.63, 3.8) is 0 Å². The van der Waals surface area contributed by atoms with Gasteiger partial charge in [0.1, 0.15) is 11.9 Å². The molecule has 1 spiro atoms. The summed E-state index contributed by atoms with van der Waals surface area (Å²) >= 11 is 0. The predicted molar refractivity (Wildman–Crippen MR) is 84.6 cm³/mol. The van der Waals surface area contributed by atoms with E-state index in [-0.39, 0.29) is 17.7 Å². The van der Waals surface area contributed by atoms with Gasteiger partial charge in [-0.3, -0.25) is 0 Å². The third-order valence-electron chi connectivity index (χ3n) is 4.92. The number of ether oxygens (including phenoxy) is 2. The van der Waals surface area contributed by atoms with E-state index in [1.165, 1.54) is 31.2 Å². The Hall–Kier alpha value is -1.06. The molecule has 0 aromatic heterocycles. The van der Waals surface area contributed by atoms with Crippen LogP contribution in [-0.2, 0) is 4.74 Å². The van der Waals surface area contributed by atoms with Crippen LogP contribution in [-0.4, -0.2) is 18.3 Å². The van der Waals surface area contributed by atoms with Gasteiger partial charge in [-0.05, 0) is 38.3 Å². The highest BCUT2D eigenvalue weighted by Gasteiger charge is 2.40. The molecule has 2 atom stereocenters. The van der Waals surface area contributed by atoms with Crippen molar-refractivity contribution in [1.82, 2.24) is 0 Å². The Morgan fingerprint density at radius 2 is 2.10 bits per heavy atom. The van der Waals surface area contributed by atoms with Gasteiger partial charge >= 0.3 is 0 Å². The first-order valence-electron chi connectivity index (χ1n) is 8.25. The normalized spacial score (nSPS) is 26.0. The van der Waals surface area contributed by atoms with Crippen LogP contribution in [0.4, 0.5) is 0 Å². The molecule has 116 valence electrons. The van der Waals surface area contributed by atoms with Gasteiger partial charge in [-0.2, -0.15) is 0 Å². The molecule has 1 aliphatic heterocycles. The Balaban J connectivity index is 1.75. The van der Waals surface area contributed by atoms with Crippen LogP contribution in [0.5, 0.6) is 5.75 Å². The van der Waals surface area contributed by atoms with Gasteiger partial charge in [-0.25, -0.2) is 0 Å². The van der Waals surface area contributed by atoms with Crippen molar-refractivity contribution in [1.29, 1.82) is 0 Å². The number of benzene rings is 1. The molecule has 1 aromatic rings. The Bertz CT molecular complexity index is 492. The van der Waals surface area contributed by atoms with Crippen LogP contribution in [0.15, 0.2) is 18.2 Å². The monoisotopic (exact) mass is 289 g/mol. The summed E-state index contributed by atoms with van der Waals surface area (Å²) < 4.78 is 12.4. The van der Waals surface area contributed by atoms with Crippen LogP contribution in [0, 0.1) is 6.92 Å². The Morgan fingerprint density at radius 3 is 2.81 bits per heavy atom. The lowest BCUT2D eigenvalue weighted by Gasteiger charge is -2.38. The first kappa shape index (κ1) is 14.9. The molecular formula is C18H27NO2. The molecule has 1 aliphatic carbocycles. The number of hydrogen-bond donors (Lipinski definition) is 1. The fourth-order valence-electron chi connectivity index (χ4n) is 3.75. The molecule has 1 heterocycles. The minimum Gasteiger partial charge on any atom is -0.490 e. The van der Waals surface area contributed by atoms with Gasteiger partial charge < -0.3 is 15.2 Å². The standard InChI is InChI=1S/C18H27NO2/c1-13-5-6-16(14(2)19)17(11-13)21-15-7-10-20-18(12-15)8-3-4-9-18/h5-6,11,14-15H,3-4,7-10,12,19H2,1-2H3. The summed E-state index contributed by atoms with van der Waals surface area (Å²) in [7, 11) is 0. The van der Waals surface area contributed by atoms with Gasteiger partial charge in [-0.1, -0.05) is 25.0 Å². The fraction of sp³-hybridized carbons (Fsp3) is 0.667. The number of nitrogens with two attached hydrogens (primary N) is 1. The second kappa shape index (κ2) is 5.98. The lowest BCUT2D eigenvalue weighted by molar-refractivity contribution is -0.108. The first-order chi connectivity index (χ1) is 10.1. The van der Waals surface area contributed by atoms with Gasteiger partial charge in [0.05, 0.1) is 12.2 Å². The van der Waals surface area contributed by atoms with E-state index in [2.05, 4.69) is 25.1 Å². The van der Waals surface area contributed by atoms with Crippen LogP contribution in [0.1, 0.15) is 62.6 Å². The van der Waals surface area contributed by atoms with E-state index in [0.717, 1.165) is 30.8 Å². The average molecular weight is 289 g/mol. The molecule has 0 radical (unpaired) electrons. The van der Waals surface area contributed by atoms with E-state index in [0.29, 0.717) is 0 Å². The Kier molecular flexibility index (Phi) is 4.23. The molecule has 3 nitrogen and oxygen atoms in total. The largest absolute Gasteiger partial charge is 0.490 e. The fourth-order valence-corrected chi connectivity index (χ4v) is 3.75. The summed E-state index contributed by atoms with van der Waals surface area (Å²) in [5.41, 5.74) is 8.50. The molecule has 0 amide bonds. The molecule has 3 heteroatoms. The molecule has 3 rings (SSSR count). The lowest BCUT2D eigenvalue weighted by Crippen LogP contribution is -2.41. The maximum absolute atomic E-state index is 6.36. The highest BCUT2D eigenvalue weighted by molar-refractivity contribution is 5.39. The zero-order valence-electron chi connectivity index (χ0n) is 13.2. The Labute approximate surface area is 127 Å². The molecule has 1 saturated carbocycles. The van der Waals surface area contributed by atoms with E-state index in [9.17, 15) is 0 Å². The number of aryl methyl sites for hydroxylation is 1. The summed E-state index contributed by atoms with van der Waals surface area (Å²) in [6.45, 7) is 4.93. The van der Waals surface area contributed by atoms with Gasteiger partial charge in [-0.15, -0.1) is 0 Å². The van der Waals surface area contributed by atoms with Gasteiger partial charge in [0.2, 0.25) is 0 Å². The van der Waals surface area contributed by atoms with Crippen LogP contribution >= 0.6 is 0 Å². The topological polar surface area (TPSA) is 44.5 Å². The minimum atomic E-state index is 0.000816. The number of hydrogen-bond acceptors (Lipinski definition) is 3. The third kappa shape index (κ3) is 3.24. The van der Waals surface area contributed by atoms with E-state index in [1.807, 2.05) is 6.92 Å². The number of rotatable bonds is 3. The van der Waals surface area contributed by atoms with E-state index in [1.54, 1.807) is 0 Å². The summed E-state index contributed by atoms with van der Waals surface area (Å²) in [4.78, 5) is 0. The molecule has 2 N–H and O–H groups in total. The molecular weight excluding hydrogens is 262 g/mol. The molecule has 2 unspecified atom stereocenters. The second-order valence-electron chi connectivity index (χ2n) is 6.80. The van der Waals surface area contributed by atoms with E-state index >= 15 is 0 Å². The third-order valence-corrected chi connectivity index (χ3v) is 4.92. The zero-order valence-corrected chi connectivity index (χ0v) is 13.2.